The molecule has 1 heterocycles. The van der Waals surface area contributed by atoms with Crippen LogP contribution in [0.15, 0.2) is 42.5 Å². The minimum Gasteiger partial charge on any atom is -0.467 e. The normalized spacial score (nSPS) is 15.5. The number of ether oxygens (including phenoxy) is 2. The van der Waals surface area contributed by atoms with Gasteiger partial charge in [0.1, 0.15) is 17.7 Å². The second kappa shape index (κ2) is 8.16. The summed E-state index contributed by atoms with van der Waals surface area (Å²) in [5, 5.41) is 0. The molecule has 28 heavy (non-hydrogen) atoms. The molecule has 3 rings (SSSR count). The van der Waals surface area contributed by atoms with Crippen LogP contribution in [0.3, 0.4) is 0 Å². The van der Waals surface area contributed by atoms with Crippen LogP contribution in [0.25, 0.3) is 0 Å². The Bertz CT molecular complexity index is 931. The maximum absolute atomic E-state index is 13.7. The van der Waals surface area contributed by atoms with Gasteiger partial charge in [-0.1, -0.05) is 24.3 Å². The molecule has 8 heteroatoms. The Morgan fingerprint density at radius 3 is 2.50 bits per heavy atom. The Morgan fingerprint density at radius 2 is 1.82 bits per heavy atom. The first-order valence-electron chi connectivity index (χ1n) is 8.47. The maximum Gasteiger partial charge on any atom is 0.341 e. The van der Waals surface area contributed by atoms with Gasteiger partial charge in [0.15, 0.2) is 6.61 Å². The first kappa shape index (κ1) is 19.5. The molecule has 1 aliphatic rings. The van der Waals surface area contributed by atoms with E-state index in [-0.39, 0.29) is 13.0 Å². The van der Waals surface area contributed by atoms with E-state index in [4.69, 9.17) is 9.47 Å². The molecule has 1 amide bonds. The monoisotopic (exact) mass is 389 g/mol. The Kier molecular flexibility index (Phi) is 5.67. The quantitative estimate of drug-likeness (QED) is 0.750. The molecule has 0 aromatic heterocycles. The summed E-state index contributed by atoms with van der Waals surface area (Å²) in [5.41, 5.74) is 1.31. The van der Waals surface area contributed by atoms with Gasteiger partial charge >= 0.3 is 11.9 Å². The second-order valence-electron chi connectivity index (χ2n) is 6.23. The van der Waals surface area contributed by atoms with Gasteiger partial charge in [-0.15, -0.1) is 0 Å². The van der Waals surface area contributed by atoms with Crippen LogP contribution < -0.4 is 0 Å². The van der Waals surface area contributed by atoms with Crippen molar-refractivity contribution in [1.82, 2.24) is 4.90 Å². The highest BCUT2D eigenvalue weighted by Gasteiger charge is 2.35. The summed E-state index contributed by atoms with van der Waals surface area (Å²) in [7, 11) is 1.23. The van der Waals surface area contributed by atoms with E-state index in [0.717, 1.165) is 23.3 Å². The third kappa shape index (κ3) is 4.00. The number of carbonyl (C=O) groups is 3. The number of halogens is 2. The van der Waals surface area contributed by atoms with Crippen LogP contribution in [0.5, 0.6) is 0 Å². The standard InChI is InChI=1S/C20H17F2NO5/c1-27-20(26)17-8-12-4-2-3-5-13(12)10-23(17)18(24)11-28-19(25)15-7-6-14(21)9-16(15)22/h2-7,9,17H,8,10-11H2,1H3/t17-/m0/s1. The number of nitrogens with zero attached hydrogens (tertiary/aromatic N) is 1. The third-order valence-corrected chi connectivity index (χ3v) is 4.52. The van der Waals surface area contributed by atoms with Gasteiger partial charge in [0.05, 0.1) is 12.7 Å². The van der Waals surface area contributed by atoms with E-state index < -0.39 is 47.7 Å². The topological polar surface area (TPSA) is 72.9 Å². The number of carbonyl (C=O) groups excluding carboxylic acids is 3. The van der Waals surface area contributed by atoms with Crippen molar-refractivity contribution in [2.75, 3.05) is 13.7 Å². The summed E-state index contributed by atoms with van der Waals surface area (Å²) >= 11 is 0. The van der Waals surface area contributed by atoms with Crippen molar-refractivity contribution in [1.29, 1.82) is 0 Å². The highest BCUT2D eigenvalue weighted by atomic mass is 19.1. The number of amides is 1. The predicted molar refractivity (Wildman–Crippen MR) is 93.1 cm³/mol. The van der Waals surface area contributed by atoms with Crippen LogP contribution in [-0.4, -0.2) is 42.5 Å². The van der Waals surface area contributed by atoms with Crippen LogP contribution in [-0.2, 0) is 32.0 Å². The summed E-state index contributed by atoms with van der Waals surface area (Å²) in [4.78, 5) is 38.0. The lowest BCUT2D eigenvalue weighted by molar-refractivity contribution is -0.155. The molecule has 0 unspecified atom stereocenters. The zero-order valence-electron chi connectivity index (χ0n) is 15.0. The zero-order chi connectivity index (χ0) is 20.3. The molecular weight excluding hydrogens is 372 g/mol. The second-order valence-corrected chi connectivity index (χ2v) is 6.23. The van der Waals surface area contributed by atoms with E-state index in [9.17, 15) is 23.2 Å². The third-order valence-electron chi connectivity index (χ3n) is 4.52. The number of hydrogen-bond donors (Lipinski definition) is 0. The molecule has 2 aromatic rings. The van der Waals surface area contributed by atoms with Crippen LogP contribution in [0, 0.1) is 11.6 Å². The predicted octanol–water partition coefficient (Wildman–Crippen LogP) is 2.25. The lowest BCUT2D eigenvalue weighted by atomic mass is 9.94. The fraction of sp³-hybridized carbons (Fsp3) is 0.250. The van der Waals surface area contributed by atoms with Crippen molar-refractivity contribution in [3.8, 4) is 0 Å². The molecule has 0 saturated carbocycles. The Hall–Kier alpha value is -3.29. The van der Waals surface area contributed by atoms with Gasteiger partial charge in [0.25, 0.3) is 5.91 Å². The number of rotatable bonds is 4. The fourth-order valence-electron chi connectivity index (χ4n) is 3.07. The molecule has 1 aliphatic heterocycles. The number of benzene rings is 2. The van der Waals surface area contributed by atoms with E-state index in [1.54, 1.807) is 0 Å². The molecule has 0 saturated heterocycles. The van der Waals surface area contributed by atoms with Crippen LogP contribution in [0.2, 0.25) is 0 Å². The van der Waals surface area contributed by atoms with Crippen molar-refractivity contribution < 1.29 is 32.6 Å². The smallest absolute Gasteiger partial charge is 0.341 e. The minimum absolute atomic E-state index is 0.150. The lowest BCUT2D eigenvalue weighted by Crippen LogP contribution is -2.50. The van der Waals surface area contributed by atoms with Crippen molar-refractivity contribution in [3.63, 3.8) is 0 Å². The molecule has 2 aromatic carbocycles. The summed E-state index contributed by atoms with van der Waals surface area (Å²) in [6.07, 6.45) is 0.273. The highest BCUT2D eigenvalue weighted by molar-refractivity contribution is 5.92. The molecule has 0 aliphatic carbocycles. The fourth-order valence-corrected chi connectivity index (χ4v) is 3.07. The summed E-state index contributed by atoms with van der Waals surface area (Å²) in [6, 6.07) is 8.90. The first-order chi connectivity index (χ1) is 13.4. The van der Waals surface area contributed by atoms with E-state index in [1.807, 2.05) is 24.3 Å². The Morgan fingerprint density at radius 1 is 1.11 bits per heavy atom. The number of esters is 2. The van der Waals surface area contributed by atoms with Crippen molar-refractivity contribution in [2.24, 2.45) is 0 Å². The molecule has 6 nitrogen and oxygen atoms in total. The molecule has 0 radical (unpaired) electrons. The highest BCUT2D eigenvalue weighted by Crippen LogP contribution is 2.24. The van der Waals surface area contributed by atoms with Crippen molar-refractivity contribution >= 4 is 17.8 Å². The molecule has 1 atom stereocenters. The van der Waals surface area contributed by atoms with Gasteiger partial charge < -0.3 is 14.4 Å². The molecule has 0 bridgehead atoms. The van der Waals surface area contributed by atoms with Gasteiger partial charge in [0.2, 0.25) is 0 Å². The average molecular weight is 389 g/mol. The van der Waals surface area contributed by atoms with Crippen molar-refractivity contribution in [3.05, 3.63) is 70.8 Å². The first-order valence-corrected chi connectivity index (χ1v) is 8.47. The van der Waals surface area contributed by atoms with Gasteiger partial charge in [-0.05, 0) is 23.3 Å². The lowest BCUT2D eigenvalue weighted by Gasteiger charge is -2.35. The van der Waals surface area contributed by atoms with E-state index in [1.165, 1.54) is 12.0 Å². The van der Waals surface area contributed by atoms with Gasteiger partial charge in [-0.25, -0.2) is 18.4 Å². The van der Waals surface area contributed by atoms with E-state index in [2.05, 4.69) is 0 Å². The number of fused-ring (bicyclic) bond motifs is 1. The Balaban J connectivity index is 1.72. The van der Waals surface area contributed by atoms with Crippen LogP contribution in [0.4, 0.5) is 8.78 Å². The van der Waals surface area contributed by atoms with Crippen LogP contribution >= 0.6 is 0 Å². The van der Waals surface area contributed by atoms with Gasteiger partial charge in [0, 0.05) is 19.0 Å². The molecule has 0 N–H and O–H groups in total. The van der Waals surface area contributed by atoms with Gasteiger partial charge in [-0.3, -0.25) is 4.79 Å². The maximum atomic E-state index is 13.7. The summed E-state index contributed by atoms with van der Waals surface area (Å²) in [5.74, 6) is -4.23. The van der Waals surface area contributed by atoms with Gasteiger partial charge in [-0.2, -0.15) is 0 Å². The van der Waals surface area contributed by atoms with Crippen molar-refractivity contribution in [2.45, 2.75) is 19.0 Å². The summed E-state index contributed by atoms with van der Waals surface area (Å²) in [6.45, 7) is -0.539. The molecule has 0 spiro atoms. The average Bonchev–Trinajstić information content (AvgIpc) is 2.70. The van der Waals surface area contributed by atoms with Crippen LogP contribution in [0.1, 0.15) is 21.5 Å². The number of hydrogen-bond acceptors (Lipinski definition) is 5. The Labute approximate surface area is 159 Å². The zero-order valence-corrected chi connectivity index (χ0v) is 15.0. The van der Waals surface area contributed by atoms with E-state index >= 15 is 0 Å². The minimum atomic E-state index is -1.10. The molecule has 0 fully saturated rings. The largest absolute Gasteiger partial charge is 0.467 e. The SMILES string of the molecule is COC(=O)[C@@H]1Cc2ccccc2CN1C(=O)COC(=O)c1ccc(F)cc1F. The number of methoxy groups -OCH3 is 1. The molecule has 146 valence electrons. The molecular formula is C20H17F2NO5. The summed E-state index contributed by atoms with van der Waals surface area (Å²) < 4.78 is 36.3. The van der Waals surface area contributed by atoms with E-state index in [0.29, 0.717) is 6.07 Å².